The van der Waals surface area contributed by atoms with Crippen LogP contribution in [0.3, 0.4) is 0 Å². The van der Waals surface area contributed by atoms with Gasteiger partial charge in [0.1, 0.15) is 0 Å². The summed E-state index contributed by atoms with van der Waals surface area (Å²) in [4.78, 5) is 10.5. The van der Waals surface area contributed by atoms with Crippen LogP contribution in [0.1, 0.15) is 27.2 Å². The molecule has 15 heavy (non-hydrogen) atoms. The summed E-state index contributed by atoms with van der Waals surface area (Å²) in [5.74, 6) is -1.63. The molecule has 0 fully saturated rings. The smallest absolute Gasteiger partial charge is 0.321 e. The molecule has 0 aliphatic heterocycles. The SMILES string of the molecule is CC(C(=O)O)S(=O)(=O)CCC(C)(C)C#N. The Balaban J connectivity index is 4.57. The van der Waals surface area contributed by atoms with E-state index in [2.05, 4.69) is 0 Å². The van der Waals surface area contributed by atoms with E-state index in [1.165, 1.54) is 0 Å². The lowest BCUT2D eigenvalue weighted by Crippen LogP contribution is -2.30. The number of nitrogens with zero attached hydrogens (tertiary/aromatic N) is 1. The fraction of sp³-hybridized carbons (Fsp3) is 0.778. The van der Waals surface area contributed by atoms with E-state index in [1.54, 1.807) is 13.8 Å². The molecule has 0 aromatic heterocycles. The number of hydrogen-bond acceptors (Lipinski definition) is 4. The number of carboxylic acid groups (broad SMARTS) is 1. The predicted molar refractivity (Wildman–Crippen MR) is 54.9 cm³/mol. The van der Waals surface area contributed by atoms with E-state index < -0.39 is 26.5 Å². The highest BCUT2D eigenvalue weighted by molar-refractivity contribution is 7.92. The van der Waals surface area contributed by atoms with Crippen molar-refractivity contribution < 1.29 is 18.3 Å². The van der Waals surface area contributed by atoms with Gasteiger partial charge in [-0.1, -0.05) is 0 Å². The van der Waals surface area contributed by atoms with Gasteiger partial charge in [0.15, 0.2) is 15.1 Å². The Morgan fingerprint density at radius 1 is 1.53 bits per heavy atom. The molecule has 5 nitrogen and oxygen atoms in total. The number of carboxylic acids is 1. The molecule has 1 N–H and O–H groups in total. The van der Waals surface area contributed by atoms with E-state index in [4.69, 9.17) is 10.4 Å². The van der Waals surface area contributed by atoms with Crippen molar-refractivity contribution in [2.45, 2.75) is 32.4 Å². The summed E-state index contributed by atoms with van der Waals surface area (Å²) in [5, 5.41) is 15.8. The Labute approximate surface area is 89.6 Å². The van der Waals surface area contributed by atoms with Crippen LogP contribution in [0.5, 0.6) is 0 Å². The molecule has 0 bridgehead atoms. The first-order chi connectivity index (χ1) is 6.62. The van der Waals surface area contributed by atoms with Crippen molar-refractivity contribution in [2.24, 2.45) is 5.41 Å². The average Bonchev–Trinajstić information content (AvgIpc) is 2.14. The van der Waals surface area contributed by atoms with Crippen LogP contribution in [-0.4, -0.2) is 30.5 Å². The van der Waals surface area contributed by atoms with Crippen LogP contribution in [0.15, 0.2) is 0 Å². The van der Waals surface area contributed by atoms with Gasteiger partial charge in [0.05, 0.1) is 17.2 Å². The lowest BCUT2D eigenvalue weighted by molar-refractivity contribution is -0.136. The van der Waals surface area contributed by atoms with Gasteiger partial charge in [-0.15, -0.1) is 0 Å². The molecule has 1 unspecified atom stereocenters. The number of sulfone groups is 1. The van der Waals surface area contributed by atoms with Crippen LogP contribution < -0.4 is 0 Å². The first kappa shape index (κ1) is 13.9. The molecular weight excluding hydrogens is 218 g/mol. The summed E-state index contributed by atoms with van der Waals surface area (Å²) >= 11 is 0. The third-order valence-corrected chi connectivity index (χ3v) is 4.25. The van der Waals surface area contributed by atoms with Gasteiger partial charge in [-0.05, 0) is 27.2 Å². The molecule has 0 aliphatic carbocycles. The molecule has 0 amide bonds. The number of aliphatic carboxylic acids is 1. The number of rotatable bonds is 5. The molecule has 0 aromatic carbocycles. The van der Waals surface area contributed by atoms with Gasteiger partial charge < -0.3 is 5.11 Å². The van der Waals surface area contributed by atoms with Gasteiger partial charge in [-0.25, -0.2) is 8.42 Å². The van der Waals surface area contributed by atoms with Crippen molar-refractivity contribution in [3.63, 3.8) is 0 Å². The maximum Gasteiger partial charge on any atom is 0.321 e. The van der Waals surface area contributed by atoms with Crippen molar-refractivity contribution in [3.8, 4) is 6.07 Å². The van der Waals surface area contributed by atoms with Crippen LogP contribution in [0.25, 0.3) is 0 Å². The minimum absolute atomic E-state index is 0.142. The van der Waals surface area contributed by atoms with Gasteiger partial charge in [0, 0.05) is 0 Å². The van der Waals surface area contributed by atoms with Gasteiger partial charge in [0.25, 0.3) is 0 Å². The second-order valence-electron chi connectivity index (χ2n) is 4.09. The number of nitriles is 1. The largest absolute Gasteiger partial charge is 0.480 e. The fourth-order valence-corrected chi connectivity index (χ4v) is 2.24. The molecule has 0 spiro atoms. The topological polar surface area (TPSA) is 95.2 Å². The molecule has 0 radical (unpaired) electrons. The van der Waals surface area contributed by atoms with E-state index in [-0.39, 0.29) is 12.2 Å². The lowest BCUT2D eigenvalue weighted by Gasteiger charge is -2.15. The standard InChI is InChI=1S/C9H15NO4S/c1-7(8(11)12)15(13,14)5-4-9(2,3)6-10/h7H,4-5H2,1-3H3,(H,11,12). The van der Waals surface area contributed by atoms with E-state index in [1.807, 2.05) is 6.07 Å². The highest BCUT2D eigenvalue weighted by atomic mass is 32.2. The maximum atomic E-state index is 11.4. The van der Waals surface area contributed by atoms with Crippen LogP contribution in [0, 0.1) is 16.7 Å². The second-order valence-corrected chi connectivity index (χ2v) is 6.53. The van der Waals surface area contributed by atoms with Crippen molar-refractivity contribution in [2.75, 3.05) is 5.75 Å². The molecule has 0 rings (SSSR count). The van der Waals surface area contributed by atoms with E-state index in [9.17, 15) is 13.2 Å². The fourth-order valence-electron chi connectivity index (χ4n) is 0.784. The quantitative estimate of drug-likeness (QED) is 0.758. The predicted octanol–water partition coefficient (Wildman–Crippen LogP) is 0.814. The van der Waals surface area contributed by atoms with E-state index >= 15 is 0 Å². The first-order valence-electron chi connectivity index (χ1n) is 4.48. The van der Waals surface area contributed by atoms with Gasteiger partial charge in [-0.2, -0.15) is 5.26 Å². The van der Waals surface area contributed by atoms with E-state index in [0.717, 1.165) is 6.92 Å². The summed E-state index contributed by atoms with van der Waals surface area (Å²) in [6.45, 7) is 4.37. The molecule has 6 heteroatoms. The Morgan fingerprint density at radius 3 is 2.33 bits per heavy atom. The zero-order valence-electron chi connectivity index (χ0n) is 9.02. The van der Waals surface area contributed by atoms with Crippen molar-refractivity contribution in [3.05, 3.63) is 0 Å². The molecule has 1 atom stereocenters. The van der Waals surface area contributed by atoms with E-state index in [0.29, 0.717) is 0 Å². The summed E-state index contributed by atoms with van der Waals surface area (Å²) < 4.78 is 22.9. The molecule has 0 aromatic rings. The van der Waals surface area contributed by atoms with Crippen LogP contribution in [0.2, 0.25) is 0 Å². The Bertz CT molecular complexity index is 377. The van der Waals surface area contributed by atoms with Gasteiger partial charge in [0.2, 0.25) is 0 Å². The third kappa shape index (κ3) is 4.30. The minimum Gasteiger partial charge on any atom is -0.480 e. The maximum absolute atomic E-state index is 11.4. The summed E-state index contributed by atoms with van der Waals surface area (Å²) in [6.07, 6.45) is 0.142. The molecule has 0 aliphatic rings. The van der Waals surface area contributed by atoms with Crippen molar-refractivity contribution >= 4 is 15.8 Å². The normalized spacial score (nSPS) is 14.3. The third-order valence-electron chi connectivity index (χ3n) is 2.20. The molecule has 0 heterocycles. The zero-order chi connectivity index (χ0) is 12.3. The highest BCUT2D eigenvalue weighted by Gasteiger charge is 2.29. The number of carbonyl (C=O) groups is 1. The zero-order valence-corrected chi connectivity index (χ0v) is 9.84. The Kier molecular flexibility index (Phi) is 4.28. The van der Waals surface area contributed by atoms with Gasteiger partial charge in [-0.3, -0.25) is 4.79 Å². The monoisotopic (exact) mass is 233 g/mol. The first-order valence-corrected chi connectivity index (χ1v) is 6.19. The average molecular weight is 233 g/mol. The molecule has 0 saturated carbocycles. The van der Waals surface area contributed by atoms with Crippen LogP contribution >= 0.6 is 0 Å². The summed E-state index contributed by atoms with van der Waals surface area (Å²) in [7, 11) is -3.65. The number of hydrogen-bond donors (Lipinski definition) is 1. The van der Waals surface area contributed by atoms with Crippen LogP contribution in [0.4, 0.5) is 0 Å². The Morgan fingerprint density at radius 2 is 2.00 bits per heavy atom. The highest BCUT2D eigenvalue weighted by Crippen LogP contribution is 2.20. The summed E-state index contributed by atoms with van der Waals surface area (Å²) in [6, 6.07) is 1.97. The molecule has 0 saturated heterocycles. The molecular formula is C9H15NO4S. The van der Waals surface area contributed by atoms with Crippen molar-refractivity contribution in [1.82, 2.24) is 0 Å². The van der Waals surface area contributed by atoms with Crippen molar-refractivity contribution in [1.29, 1.82) is 5.26 Å². The van der Waals surface area contributed by atoms with Crippen LogP contribution in [-0.2, 0) is 14.6 Å². The van der Waals surface area contributed by atoms with Gasteiger partial charge >= 0.3 is 5.97 Å². The molecule has 86 valence electrons. The Hall–Kier alpha value is -1.09. The second kappa shape index (κ2) is 4.62. The minimum atomic E-state index is -3.65. The lowest BCUT2D eigenvalue weighted by atomic mass is 9.93. The summed E-state index contributed by atoms with van der Waals surface area (Å²) in [5.41, 5.74) is -0.745.